The molecule has 0 spiro atoms. The van der Waals surface area contributed by atoms with Gasteiger partial charge < -0.3 is 4.90 Å². The minimum atomic E-state index is -0.458. The molecule has 0 N–H and O–H groups in total. The summed E-state index contributed by atoms with van der Waals surface area (Å²) in [6.45, 7) is 4.71. The Balaban J connectivity index is 1.35. The van der Waals surface area contributed by atoms with Crippen molar-refractivity contribution in [3.63, 3.8) is 0 Å². The summed E-state index contributed by atoms with van der Waals surface area (Å²) >= 11 is 0. The Hall–Kier alpha value is -5.66. The minimum absolute atomic E-state index is 0.0837. The van der Waals surface area contributed by atoms with Crippen LogP contribution in [0.1, 0.15) is 47.2 Å². The van der Waals surface area contributed by atoms with Crippen molar-refractivity contribution in [2.75, 3.05) is 4.90 Å². The van der Waals surface area contributed by atoms with E-state index >= 15 is 0 Å². The van der Waals surface area contributed by atoms with Crippen LogP contribution in [0.15, 0.2) is 176 Å². The van der Waals surface area contributed by atoms with Crippen molar-refractivity contribution in [1.82, 2.24) is 0 Å². The van der Waals surface area contributed by atoms with Gasteiger partial charge in [0.2, 0.25) is 0 Å². The van der Waals surface area contributed by atoms with Crippen molar-refractivity contribution in [3.8, 4) is 22.3 Å². The van der Waals surface area contributed by atoms with Gasteiger partial charge in [0.25, 0.3) is 0 Å². The van der Waals surface area contributed by atoms with Crippen LogP contribution in [0.2, 0.25) is 0 Å². The van der Waals surface area contributed by atoms with Gasteiger partial charge in [0.1, 0.15) is 0 Å². The lowest BCUT2D eigenvalue weighted by Crippen LogP contribution is -2.28. The summed E-state index contributed by atoms with van der Waals surface area (Å²) in [7, 11) is 0. The van der Waals surface area contributed by atoms with Crippen molar-refractivity contribution >= 4 is 17.1 Å². The van der Waals surface area contributed by atoms with Crippen molar-refractivity contribution in [2.45, 2.75) is 24.7 Å². The molecule has 0 heterocycles. The quantitative estimate of drug-likeness (QED) is 0.190. The van der Waals surface area contributed by atoms with Gasteiger partial charge in [0.15, 0.2) is 0 Å². The normalized spacial score (nSPS) is 14.5. The third kappa shape index (κ3) is 3.90. The number of hydrogen-bond donors (Lipinski definition) is 0. The summed E-state index contributed by atoms with van der Waals surface area (Å²) in [5.41, 5.74) is 16.1. The van der Waals surface area contributed by atoms with Gasteiger partial charge in [-0.25, -0.2) is 0 Å². The van der Waals surface area contributed by atoms with Crippen LogP contribution in [0, 0.1) is 0 Å². The summed E-state index contributed by atoms with van der Waals surface area (Å²) in [5.74, 6) is 0. The molecule has 1 nitrogen and oxygen atoms in total. The van der Waals surface area contributed by atoms with Crippen molar-refractivity contribution in [1.29, 1.82) is 0 Å². The second-order valence-corrected chi connectivity index (χ2v) is 13.3. The zero-order valence-electron chi connectivity index (χ0n) is 26.7. The summed E-state index contributed by atoms with van der Waals surface area (Å²) in [5, 5.41) is 0. The van der Waals surface area contributed by atoms with Crippen LogP contribution in [-0.4, -0.2) is 0 Å². The molecule has 2 aliphatic carbocycles. The third-order valence-electron chi connectivity index (χ3n) is 10.5. The molecule has 0 aliphatic heterocycles. The number of anilines is 3. The van der Waals surface area contributed by atoms with Gasteiger partial charge in [-0.3, -0.25) is 0 Å². The topological polar surface area (TPSA) is 3.24 Å². The summed E-state index contributed by atoms with van der Waals surface area (Å²) < 4.78 is 0. The van der Waals surface area contributed by atoms with E-state index in [1.54, 1.807) is 0 Å². The first kappa shape index (κ1) is 27.6. The molecule has 0 atom stereocenters. The van der Waals surface area contributed by atoms with E-state index in [0.717, 1.165) is 11.4 Å². The minimum Gasteiger partial charge on any atom is -0.310 e. The van der Waals surface area contributed by atoms with E-state index in [1.807, 2.05) is 0 Å². The lowest BCUT2D eigenvalue weighted by molar-refractivity contribution is 0.660. The molecule has 224 valence electrons. The van der Waals surface area contributed by atoms with Gasteiger partial charge >= 0.3 is 0 Å². The molecule has 47 heavy (non-hydrogen) atoms. The number of fused-ring (bicyclic) bond motifs is 6. The molecule has 7 aromatic carbocycles. The molecule has 0 saturated heterocycles. The van der Waals surface area contributed by atoms with Crippen LogP contribution in [0.25, 0.3) is 22.3 Å². The van der Waals surface area contributed by atoms with E-state index in [4.69, 9.17) is 0 Å². The van der Waals surface area contributed by atoms with E-state index < -0.39 is 5.41 Å². The summed E-state index contributed by atoms with van der Waals surface area (Å²) in [4.78, 5) is 2.47. The van der Waals surface area contributed by atoms with E-state index in [1.165, 1.54) is 61.3 Å². The molecule has 9 rings (SSSR count). The predicted molar refractivity (Wildman–Crippen MR) is 196 cm³/mol. The van der Waals surface area contributed by atoms with Crippen LogP contribution in [-0.2, 0) is 10.8 Å². The molecule has 1 heteroatoms. The highest BCUT2D eigenvalue weighted by atomic mass is 15.1. The zero-order chi connectivity index (χ0) is 31.6. The average Bonchev–Trinajstić information content (AvgIpc) is 3.56. The van der Waals surface area contributed by atoms with E-state index in [-0.39, 0.29) is 5.41 Å². The second-order valence-electron chi connectivity index (χ2n) is 13.3. The number of nitrogens with zero attached hydrogens (tertiary/aromatic N) is 1. The van der Waals surface area contributed by atoms with Gasteiger partial charge in [-0.2, -0.15) is 0 Å². The molecule has 0 bridgehead atoms. The van der Waals surface area contributed by atoms with Crippen molar-refractivity contribution < 1.29 is 0 Å². The zero-order valence-corrected chi connectivity index (χ0v) is 26.7. The average molecular weight is 602 g/mol. The molecule has 7 aromatic rings. The first-order valence-corrected chi connectivity index (χ1v) is 16.5. The number of hydrogen-bond acceptors (Lipinski definition) is 1. The third-order valence-corrected chi connectivity index (χ3v) is 10.5. The highest BCUT2D eigenvalue weighted by Crippen LogP contribution is 2.58. The Morgan fingerprint density at radius 3 is 1.60 bits per heavy atom. The fourth-order valence-corrected chi connectivity index (χ4v) is 8.50. The molecule has 0 saturated carbocycles. The number of rotatable bonds is 5. The van der Waals surface area contributed by atoms with Crippen LogP contribution in [0.5, 0.6) is 0 Å². The molecule has 0 radical (unpaired) electrons. The highest BCUT2D eigenvalue weighted by Gasteiger charge is 2.46. The molecule has 0 aromatic heterocycles. The van der Waals surface area contributed by atoms with Gasteiger partial charge in [-0.05, 0) is 80.4 Å². The van der Waals surface area contributed by atoms with Crippen LogP contribution < -0.4 is 4.90 Å². The Morgan fingerprint density at radius 1 is 0.383 bits per heavy atom. The fourth-order valence-electron chi connectivity index (χ4n) is 8.50. The second kappa shape index (κ2) is 10.4. The Morgan fingerprint density at radius 2 is 0.915 bits per heavy atom. The maximum Gasteiger partial charge on any atom is 0.0714 e. The maximum atomic E-state index is 2.47. The predicted octanol–water partition coefficient (Wildman–Crippen LogP) is 11.8. The first-order chi connectivity index (χ1) is 23.1. The Bertz CT molecular complexity index is 2230. The standard InChI is InChI=1S/C46H35N/c1-45(2)39-25-14-13-24-38(39)44-41(45)27-16-28-43(44)47(34-21-10-5-11-22-34)35-29-30-37-36-23-12-15-26-40(36)46(42(37)31-35,32-17-6-3-7-18-32)33-19-8-4-9-20-33/h3-31H,1-2H3. The Kier molecular flexibility index (Phi) is 6.14. The highest BCUT2D eigenvalue weighted by molar-refractivity contribution is 5.96. The van der Waals surface area contributed by atoms with Gasteiger partial charge in [0, 0.05) is 22.4 Å². The molecule has 2 aliphatic rings. The molecule has 0 unspecified atom stereocenters. The van der Waals surface area contributed by atoms with Crippen LogP contribution >= 0.6 is 0 Å². The molecule has 0 amide bonds. The first-order valence-electron chi connectivity index (χ1n) is 16.5. The van der Waals surface area contributed by atoms with Crippen LogP contribution in [0.4, 0.5) is 17.1 Å². The summed E-state index contributed by atoms with van der Waals surface area (Å²) in [6.07, 6.45) is 0. The number of benzene rings is 7. The SMILES string of the molecule is CC1(C)c2ccccc2-c2c(N(c3ccccc3)c3ccc4c(c3)C(c3ccccc3)(c3ccccc3)c3ccccc3-4)cccc21. The number of para-hydroxylation sites is 1. The Labute approximate surface area is 277 Å². The lowest BCUT2D eigenvalue weighted by Gasteiger charge is -2.35. The summed E-state index contributed by atoms with van der Waals surface area (Å²) in [6, 6.07) is 64.9. The smallest absolute Gasteiger partial charge is 0.0714 e. The molecular formula is C46H35N. The lowest BCUT2D eigenvalue weighted by atomic mass is 9.67. The monoisotopic (exact) mass is 601 g/mol. The van der Waals surface area contributed by atoms with Gasteiger partial charge in [-0.15, -0.1) is 0 Å². The van der Waals surface area contributed by atoms with Gasteiger partial charge in [-0.1, -0.05) is 159 Å². The van der Waals surface area contributed by atoms with E-state index in [2.05, 4.69) is 195 Å². The van der Waals surface area contributed by atoms with Crippen molar-refractivity contribution in [3.05, 3.63) is 209 Å². The van der Waals surface area contributed by atoms with Gasteiger partial charge in [0.05, 0.1) is 11.1 Å². The largest absolute Gasteiger partial charge is 0.310 e. The molecule has 0 fully saturated rings. The van der Waals surface area contributed by atoms with Crippen LogP contribution in [0.3, 0.4) is 0 Å². The van der Waals surface area contributed by atoms with E-state index in [9.17, 15) is 0 Å². The fraction of sp³-hybridized carbons (Fsp3) is 0.0870. The maximum absolute atomic E-state index is 2.47. The molecular weight excluding hydrogens is 567 g/mol. The van der Waals surface area contributed by atoms with E-state index in [0.29, 0.717) is 0 Å². The van der Waals surface area contributed by atoms with Crippen molar-refractivity contribution in [2.24, 2.45) is 0 Å².